The molecule has 31 heavy (non-hydrogen) atoms. The van der Waals surface area contributed by atoms with E-state index < -0.39 is 27.9 Å². The summed E-state index contributed by atoms with van der Waals surface area (Å²) < 4.78 is 32.1. The first kappa shape index (κ1) is 21.7. The van der Waals surface area contributed by atoms with Crippen LogP contribution in [0.15, 0.2) is 51.8 Å². The number of halogens is 1. The van der Waals surface area contributed by atoms with Crippen molar-refractivity contribution >= 4 is 56.1 Å². The van der Waals surface area contributed by atoms with Crippen LogP contribution in [0.25, 0.3) is 0 Å². The van der Waals surface area contributed by atoms with Crippen LogP contribution in [0.5, 0.6) is 0 Å². The molecule has 0 spiro atoms. The average Bonchev–Trinajstić information content (AvgIpc) is 3.08. The number of hydrogen-bond donors (Lipinski definition) is 1. The van der Waals surface area contributed by atoms with Crippen LogP contribution in [-0.4, -0.2) is 44.9 Å². The lowest BCUT2D eigenvalue weighted by Gasteiger charge is -2.22. The number of hydrogen-bond acceptors (Lipinski definition) is 7. The maximum atomic E-state index is 13.0. The zero-order valence-corrected chi connectivity index (χ0v) is 18.8. The molecule has 4 rings (SSSR count). The third-order valence-corrected chi connectivity index (χ3v) is 7.57. The Morgan fingerprint density at radius 1 is 1.29 bits per heavy atom. The van der Waals surface area contributed by atoms with E-state index in [4.69, 9.17) is 16.3 Å². The standard InChI is InChI=1S/C20H18ClN3O5S2/c1-29-18(25)11-15(13-4-2-3-5-14(13)21)22-19(26)12-6-7-16-17(10-12)30-20-23-31(27,28)9-8-24(16)20/h2-7,10,15H,8-9,11H2,1H3,(H,22,26). The highest BCUT2D eigenvalue weighted by atomic mass is 35.5. The number of fused-ring (bicyclic) bond motifs is 3. The number of carbonyl (C=O) groups is 2. The summed E-state index contributed by atoms with van der Waals surface area (Å²) in [5, 5.41) is 3.66. The molecule has 1 amide bonds. The molecule has 8 nitrogen and oxygen atoms in total. The van der Waals surface area contributed by atoms with Crippen molar-refractivity contribution in [2.45, 2.75) is 17.4 Å². The Hall–Kier alpha value is -2.56. The van der Waals surface area contributed by atoms with Gasteiger partial charge in [0.25, 0.3) is 15.9 Å². The van der Waals surface area contributed by atoms with Crippen molar-refractivity contribution in [2.24, 2.45) is 4.40 Å². The van der Waals surface area contributed by atoms with Gasteiger partial charge in [-0.1, -0.05) is 29.8 Å². The van der Waals surface area contributed by atoms with E-state index in [0.29, 0.717) is 27.9 Å². The largest absolute Gasteiger partial charge is 0.469 e. The van der Waals surface area contributed by atoms with Crippen molar-refractivity contribution in [3.05, 3.63) is 58.6 Å². The SMILES string of the molecule is COC(=O)CC(NC(=O)c1ccc2c(c1)SC1=NS(=O)(=O)CCN12)c1ccccc1Cl. The van der Waals surface area contributed by atoms with Crippen molar-refractivity contribution in [3.8, 4) is 0 Å². The molecule has 2 aromatic carbocycles. The Kier molecular flexibility index (Phi) is 5.96. The van der Waals surface area contributed by atoms with Gasteiger partial charge in [0.15, 0.2) is 5.17 Å². The third kappa shape index (κ3) is 4.56. The van der Waals surface area contributed by atoms with E-state index in [1.807, 2.05) is 4.90 Å². The summed E-state index contributed by atoms with van der Waals surface area (Å²) >= 11 is 7.48. The van der Waals surface area contributed by atoms with Crippen LogP contribution in [0.4, 0.5) is 5.69 Å². The van der Waals surface area contributed by atoms with Gasteiger partial charge in [-0.2, -0.15) is 0 Å². The molecule has 1 atom stereocenters. The van der Waals surface area contributed by atoms with E-state index in [1.165, 1.54) is 18.9 Å². The number of carbonyl (C=O) groups excluding carboxylic acids is 2. The second-order valence-electron chi connectivity index (χ2n) is 6.92. The maximum Gasteiger partial charge on any atom is 0.307 e. The molecule has 11 heteroatoms. The van der Waals surface area contributed by atoms with Crippen LogP contribution in [0.3, 0.4) is 0 Å². The molecule has 162 valence electrons. The molecular weight excluding hydrogens is 462 g/mol. The van der Waals surface area contributed by atoms with Crippen molar-refractivity contribution in [1.82, 2.24) is 5.32 Å². The number of amides is 1. The fourth-order valence-corrected chi connectivity index (χ4v) is 5.92. The summed E-state index contributed by atoms with van der Waals surface area (Å²) in [6.45, 7) is 0.320. The van der Waals surface area contributed by atoms with Crippen molar-refractivity contribution < 1.29 is 22.7 Å². The van der Waals surface area contributed by atoms with Gasteiger partial charge in [0, 0.05) is 22.0 Å². The van der Waals surface area contributed by atoms with E-state index >= 15 is 0 Å². The minimum Gasteiger partial charge on any atom is -0.469 e. The quantitative estimate of drug-likeness (QED) is 0.657. The monoisotopic (exact) mass is 479 g/mol. The number of thioether (sulfide) groups is 1. The lowest BCUT2D eigenvalue weighted by molar-refractivity contribution is -0.141. The highest BCUT2D eigenvalue weighted by Crippen LogP contribution is 2.42. The fraction of sp³-hybridized carbons (Fsp3) is 0.250. The Balaban J connectivity index is 1.58. The normalized spacial score (nSPS) is 17.2. The van der Waals surface area contributed by atoms with Gasteiger partial charge in [-0.15, -0.1) is 4.40 Å². The molecule has 0 saturated carbocycles. The van der Waals surface area contributed by atoms with Crippen molar-refractivity contribution in [1.29, 1.82) is 0 Å². The molecule has 0 radical (unpaired) electrons. The Morgan fingerprint density at radius 2 is 2.06 bits per heavy atom. The van der Waals surface area contributed by atoms with Crippen LogP contribution in [-0.2, 0) is 19.6 Å². The molecule has 1 unspecified atom stereocenters. The maximum absolute atomic E-state index is 13.0. The lowest BCUT2D eigenvalue weighted by Crippen LogP contribution is -2.35. The summed E-state index contributed by atoms with van der Waals surface area (Å²) in [6, 6.07) is 11.4. The van der Waals surface area contributed by atoms with Gasteiger partial charge < -0.3 is 15.0 Å². The highest BCUT2D eigenvalue weighted by Gasteiger charge is 2.33. The van der Waals surface area contributed by atoms with Gasteiger partial charge in [0.2, 0.25) is 0 Å². The van der Waals surface area contributed by atoms with E-state index in [-0.39, 0.29) is 12.2 Å². The number of ether oxygens (including phenoxy) is 1. The summed E-state index contributed by atoms with van der Waals surface area (Å²) in [6.07, 6.45) is -0.0753. The number of nitrogens with one attached hydrogen (secondary N) is 1. The molecular formula is C20H18ClN3O5S2. The van der Waals surface area contributed by atoms with Crippen LogP contribution < -0.4 is 10.2 Å². The topological polar surface area (TPSA) is 105 Å². The molecule has 1 N–H and O–H groups in total. The summed E-state index contributed by atoms with van der Waals surface area (Å²) in [5.74, 6) is -0.923. The van der Waals surface area contributed by atoms with Crippen LogP contribution in [0, 0.1) is 0 Å². The van der Waals surface area contributed by atoms with Gasteiger partial charge >= 0.3 is 5.97 Å². The Morgan fingerprint density at radius 3 is 2.81 bits per heavy atom. The van der Waals surface area contributed by atoms with Crippen LogP contribution in [0.2, 0.25) is 5.02 Å². The molecule has 0 aliphatic carbocycles. The fourth-order valence-electron chi connectivity index (χ4n) is 3.36. The number of rotatable bonds is 5. The van der Waals surface area contributed by atoms with Crippen LogP contribution in [0.1, 0.15) is 28.4 Å². The van der Waals surface area contributed by atoms with Gasteiger partial charge in [-0.25, -0.2) is 8.42 Å². The number of esters is 1. The summed E-state index contributed by atoms with van der Waals surface area (Å²) in [7, 11) is -2.17. The van der Waals surface area contributed by atoms with Gasteiger partial charge in [0.05, 0.1) is 31.0 Å². The first-order chi connectivity index (χ1) is 14.8. The van der Waals surface area contributed by atoms with Gasteiger partial charge in [-0.3, -0.25) is 9.59 Å². The van der Waals surface area contributed by atoms with Crippen molar-refractivity contribution in [3.63, 3.8) is 0 Å². The second-order valence-corrected chi connectivity index (χ2v) is 10.1. The molecule has 0 bridgehead atoms. The molecule has 0 saturated heterocycles. The molecule has 0 fully saturated rings. The predicted octanol–water partition coefficient (Wildman–Crippen LogP) is 2.99. The number of nitrogens with zero attached hydrogens (tertiary/aromatic N) is 2. The Bertz CT molecular complexity index is 1200. The first-order valence-corrected chi connectivity index (χ1v) is 12.1. The number of anilines is 1. The number of benzene rings is 2. The molecule has 2 heterocycles. The number of amidine groups is 1. The molecule has 2 aliphatic heterocycles. The van der Waals surface area contributed by atoms with E-state index in [9.17, 15) is 18.0 Å². The smallest absolute Gasteiger partial charge is 0.307 e. The van der Waals surface area contributed by atoms with Crippen LogP contribution >= 0.6 is 23.4 Å². The van der Waals surface area contributed by atoms with E-state index in [1.54, 1.807) is 42.5 Å². The van der Waals surface area contributed by atoms with Gasteiger partial charge in [-0.05, 0) is 41.6 Å². The molecule has 2 aromatic rings. The molecule has 0 aromatic heterocycles. The number of methoxy groups -OCH3 is 1. The first-order valence-electron chi connectivity index (χ1n) is 9.31. The Labute approximate surface area is 188 Å². The predicted molar refractivity (Wildman–Crippen MR) is 119 cm³/mol. The van der Waals surface area contributed by atoms with E-state index in [2.05, 4.69) is 9.71 Å². The van der Waals surface area contributed by atoms with Crippen molar-refractivity contribution in [2.75, 3.05) is 24.3 Å². The van der Waals surface area contributed by atoms with E-state index in [0.717, 1.165) is 10.6 Å². The zero-order chi connectivity index (χ0) is 22.2. The van der Waals surface area contributed by atoms with Gasteiger partial charge in [0.1, 0.15) is 0 Å². The second kappa shape index (κ2) is 8.52. The number of sulfonamides is 1. The minimum atomic E-state index is -3.46. The third-order valence-electron chi connectivity index (χ3n) is 4.92. The summed E-state index contributed by atoms with van der Waals surface area (Å²) in [5.41, 5.74) is 1.79. The average molecular weight is 480 g/mol. The highest BCUT2D eigenvalue weighted by molar-refractivity contribution is 8.15. The zero-order valence-electron chi connectivity index (χ0n) is 16.4. The summed E-state index contributed by atoms with van der Waals surface area (Å²) in [4.78, 5) is 27.4. The lowest BCUT2D eigenvalue weighted by atomic mass is 10.0. The molecule has 2 aliphatic rings. The minimum absolute atomic E-state index is 0.0498.